The van der Waals surface area contributed by atoms with E-state index in [1.165, 1.54) is 6.20 Å². The average molecular weight is 570 g/mol. The minimum absolute atomic E-state index is 0.0422. The zero-order valence-electron chi connectivity index (χ0n) is 20.3. The molecular weight excluding hydrogens is 546 g/mol. The summed E-state index contributed by atoms with van der Waals surface area (Å²) in [6, 6.07) is 7.69. The van der Waals surface area contributed by atoms with E-state index in [4.69, 9.17) is 29.1 Å². The maximum absolute atomic E-state index is 12.1. The molecule has 2 saturated heterocycles. The van der Waals surface area contributed by atoms with E-state index < -0.39 is 24.3 Å². The predicted molar refractivity (Wildman–Crippen MR) is 117 cm³/mol. The van der Waals surface area contributed by atoms with Crippen LogP contribution in [0, 0.1) is 18.3 Å². The van der Waals surface area contributed by atoms with Gasteiger partial charge in [-0.05, 0) is 19.1 Å². The molecule has 2 aromatic rings. The Morgan fingerprint density at radius 1 is 1.10 bits per heavy atom. The van der Waals surface area contributed by atoms with E-state index >= 15 is 0 Å². The van der Waals surface area contributed by atoms with Crippen LogP contribution in [0.15, 0.2) is 35.0 Å². The van der Waals surface area contributed by atoms with Gasteiger partial charge in [-0.1, -0.05) is 11.2 Å². The quantitative estimate of drug-likeness (QED) is 0.457. The third-order valence-corrected chi connectivity index (χ3v) is 5.67. The summed E-state index contributed by atoms with van der Waals surface area (Å²) in [7, 11) is 0. The fourth-order valence-corrected chi connectivity index (χ4v) is 3.91. The Kier molecular flexibility index (Phi) is 10.4. The number of pyridine rings is 1. The van der Waals surface area contributed by atoms with E-state index in [2.05, 4.69) is 26.4 Å². The van der Waals surface area contributed by atoms with Gasteiger partial charge in [0, 0.05) is 49.3 Å². The van der Waals surface area contributed by atoms with E-state index in [9.17, 15) is 31.1 Å². The minimum atomic E-state index is -5.08. The Morgan fingerprint density at radius 3 is 2.23 bits per heavy atom. The van der Waals surface area contributed by atoms with Crippen molar-refractivity contribution in [1.29, 1.82) is 0 Å². The molecule has 4 heterocycles. The third-order valence-electron chi connectivity index (χ3n) is 5.67. The lowest BCUT2D eigenvalue weighted by atomic mass is 9.81. The van der Waals surface area contributed by atoms with Crippen molar-refractivity contribution < 1.29 is 60.2 Å². The van der Waals surface area contributed by atoms with Crippen molar-refractivity contribution in [2.45, 2.75) is 25.8 Å². The summed E-state index contributed by atoms with van der Waals surface area (Å²) in [5.74, 6) is -5.07. The van der Waals surface area contributed by atoms with Gasteiger partial charge in [0.15, 0.2) is 0 Å². The van der Waals surface area contributed by atoms with E-state index in [1.54, 1.807) is 6.07 Å². The molecule has 0 spiro atoms. The molecule has 2 aromatic heterocycles. The molecule has 0 aromatic carbocycles. The summed E-state index contributed by atoms with van der Waals surface area (Å²) in [5.41, 5.74) is 2.08. The summed E-state index contributed by atoms with van der Waals surface area (Å²) in [6.45, 7) is 6.70. The Balaban J connectivity index is 0.000000317. The Hall–Kier alpha value is -3.73. The van der Waals surface area contributed by atoms with Gasteiger partial charge in [-0.3, -0.25) is 14.7 Å². The highest BCUT2D eigenvalue weighted by Crippen LogP contribution is 2.41. The van der Waals surface area contributed by atoms with Crippen LogP contribution in [-0.2, 0) is 20.9 Å². The number of likely N-dealkylation sites (tertiary alicyclic amines) is 1. The monoisotopic (exact) mass is 570 g/mol. The molecule has 0 radical (unpaired) electrons. The van der Waals surface area contributed by atoms with Crippen molar-refractivity contribution in [2.75, 3.05) is 32.8 Å². The molecule has 3 N–H and O–H groups in total. The summed E-state index contributed by atoms with van der Waals surface area (Å²) in [6.07, 6.45) is -8.69. The lowest BCUT2D eigenvalue weighted by Gasteiger charge is -2.27. The van der Waals surface area contributed by atoms with Gasteiger partial charge in [-0.15, -0.1) is 0 Å². The standard InChI is InChI=1S/C18H22N4O3.2C2HF3O2/c1-13-3-2-4-15(21-13)8-22-7-14-9-24-12-18(14,11-22)10-19-17(23)16-5-6-20-25-16;2*3-2(4,5)1(6)7/h2-6,14H,7-12H2,1H3,(H,19,23);2*(H,6,7)/t14-,18+;;/m1../s1. The molecule has 2 fully saturated rings. The number of aryl methyl sites for hydroxylation is 1. The number of carboxylic acids is 2. The number of carboxylic acid groups (broad SMARTS) is 2. The number of hydrogen-bond donors (Lipinski definition) is 3. The van der Waals surface area contributed by atoms with E-state index in [-0.39, 0.29) is 17.1 Å². The number of aliphatic carboxylic acids is 2. The highest BCUT2D eigenvalue weighted by atomic mass is 19.4. The lowest BCUT2D eigenvalue weighted by Crippen LogP contribution is -2.43. The van der Waals surface area contributed by atoms with Crippen LogP contribution in [-0.4, -0.2) is 88.3 Å². The predicted octanol–water partition coefficient (Wildman–Crippen LogP) is 2.52. The molecule has 0 unspecified atom stereocenters. The molecule has 0 bridgehead atoms. The minimum Gasteiger partial charge on any atom is -0.475 e. The second kappa shape index (κ2) is 12.9. The van der Waals surface area contributed by atoms with Crippen LogP contribution >= 0.6 is 0 Å². The molecule has 39 heavy (non-hydrogen) atoms. The highest BCUT2D eigenvalue weighted by Gasteiger charge is 2.50. The first kappa shape index (κ1) is 31.5. The van der Waals surface area contributed by atoms with Crippen LogP contribution in [0.4, 0.5) is 26.3 Å². The maximum atomic E-state index is 12.1. The number of amides is 1. The molecule has 4 rings (SSSR count). The van der Waals surface area contributed by atoms with Gasteiger partial charge in [0.2, 0.25) is 5.76 Å². The number of alkyl halides is 6. The van der Waals surface area contributed by atoms with Crippen LogP contribution in [0.1, 0.15) is 21.9 Å². The number of aromatic nitrogens is 2. The zero-order valence-corrected chi connectivity index (χ0v) is 20.3. The van der Waals surface area contributed by atoms with Crippen LogP contribution in [0.5, 0.6) is 0 Å². The zero-order chi connectivity index (χ0) is 29.4. The van der Waals surface area contributed by atoms with Crippen LogP contribution in [0.2, 0.25) is 0 Å². The van der Waals surface area contributed by atoms with Crippen molar-refractivity contribution in [3.05, 3.63) is 47.6 Å². The van der Waals surface area contributed by atoms with Gasteiger partial charge in [-0.2, -0.15) is 26.3 Å². The van der Waals surface area contributed by atoms with Crippen LogP contribution < -0.4 is 5.32 Å². The van der Waals surface area contributed by atoms with Crippen LogP contribution in [0.3, 0.4) is 0 Å². The van der Waals surface area contributed by atoms with E-state index in [1.807, 2.05) is 19.1 Å². The SMILES string of the molecule is Cc1cccc(CN2C[C@@H]3COC[C@]3(CNC(=O)c3ccno3)C2)n1.O=C(O)C(F)(F)F.O=C(O)C(F)(F)F. The first-order valence-corrected chi connectivity index (χ1v) is 11.1. The molecule has 2 aliphatic rings. The van der Waals surface area contributed by atoms with Crippen molar-refractivity contribution in [3.63, 3.8) is 0 Å². The van der Waals surface area contributed by atoms with Gasteiger partial charge < -0.3 is 24.8 Å². The largest absolute Gasteiger partial charge is 0.490 e. The van der Waals surface area contributed by atoms with Crippen molar-refractivity contribution in [1.82, 2.24) is 20.4 Å². The highest BCUT2D eigenvalue weighted by molar-refractivity contribution is 5.91. The number of nitrogens with zero attached hydrogens (tertiary/aromatic N) is 3. The van der Waals surface area contributed by atoms with E-state index in [0.29, 0.717) is 19.1 Å². The van der Waals surface area contributed by atoms with Crippen molar-refractivity contribution >= 4 is 17.8 Å². The molecular formula is C22H24F6N4O7. The fourth-order valence-electron chi connectivity index (χ4n) is 3.91. The molecule has 0 aliphatic carbocycles. The first-order chi connectivity index (χ1) is 18.0. The normalized spacial score (nSPS) is 20.6. The molecule has 2 aliphatic heterocycles. The summed E-state index contributed by atoms with van der Waals surface area (Å²) >= 11 is 0. The number of carbonyl (C=O) groups is 3. The van der Waals surface area contributed by atoms with Gasteiger partial charge in [-0.25, -0.2) is 9.59 Å². The van der Waals surface area contributed by atoms with Gasteiger partial charge in [0.25, 0.3) is 5.91 Å². The summed E-state index contributed by atoms with van der Waals surface area (Å²) in [4.78, 5) is 37.0. The number of fused-ring (bicyclic) bond motifs is 1. The van der Waals surface area contributed by atoms with Crippen molar-refractivity contribution in [2.24, 2.45) is 11.3 Å². The van der Waals surface area contributed by atoms with Crippen molar-refractivity contribution in [3.8, 4) is 0 Å². The fraction of sp³-hybridized carbons (Fsp3) is 0.500. The molecule has 2 atom stereocenters. The average Bonchev–Trinajstić information content (AvgIpc) is 3.54. The second-order valence-electron chi connectivity index (χ2n) is 8.68. The second-order valence-corrected chi connectivity index (χ2v) is 8.68. The lowest BCUT2D eigenvalue weighted by molar-refractivity contribution is -0.193. The number of ether oxygens (including phenoxy) is 1. The van der Waals surface area contributed by atoms with Crippen LogP contribution in [0.25, 0.3) is 0 Å². The topological polar surface area (TPSA) is 155 Å². The first-order valence-electron chi connectivity index (χ1n) is 11.1. The molecule has 216 valence electrons. The summed E-state index contributed by atoms with van der Waals surface area (Å²) < 4.78 is 74.1. The number of hydrogen-bond acceptors (Lipinski definition) is 8. The molecule has 11 nitrogen and oxygen atoms in total. The molecule has 17 heteroatoms. The maximum Gasteiger partial charge on any atom is 0.490 e. The van der Waals surface area contributed by atoms with Gasteiger partial charge in [0.1, 0.15) is 0 Å². The van der Waals surface area contributed by atoms with Gasteiger partial charge >= 0.3 is 24.3 Å². The smallest absolute Gasteiger partial charge is 0.475 e. The number of rotatable bonds is 5. The summed E-state index contributed by atoms with van der Waals surface area (Å²) in [5, 5.41) is 20.8. The van der Waals surface area contributed by atoms with E-state index in [0.717, 1.165) is 37.6 Å². The Morgan fingerprint density at radius 2 is 1.72 bits per heavy atom. The Bertz CT molecular complexity index is 1100. The number of nitrogens with one attached hydrogen (secondary N) is 1. The molecule has 1 amide bonds. The Labute approximate surface area is 216 Å². The number of carbonyl (C=O) groups excluding carboxylic acids is 1. The third kappa shape index (κ3) is 9.51. The van der Waals surface area contributed by atoms with Gasteiger partial charge in [0.05, 0.1) is 25.1 Å². The molecule has 0 saturated carbocycles. The number of halogens is 6.